The number of rotatable bonds is 4. The highest BCUT2D eigenvalue weighted by Crippen LogP contribution is 2.33. The highest BCUT2D eigenvalue weighted by atomic mass is 16.5. The summed E-state index contributed by atoms with van der Waals surface area (Å²) in [5.41, 5.74) is 15.1. The van der Waals surface area contributed by atoms with Gasteiger partial charge in [-0.25, -0.2) is 9.97 Å². The minimum absolute atomic E-state index is 0.139. The first-order valence-corrected chi connectivity index (χ1v) is 14.6. The van der Waals surface area contributed by atoms with Gasteiger partial charge in [0.15, 0.2) is 11.5 Å². The summed E-state index contributed by atoms with van der Waals surface area (Å²) >= 11 is 0. The number of fused-ring (bicyclic) bond motifs is 2. The summed E-state index contributed by atoms with van der Waals surface area (Å²) in [6, 6.07) is 9.37. The summed E-state index contributed by atoms with van der Waals surface area (Å²) < 4.78 is 6.69. The van der Waals surface area contributed by atoms with Crippen LogP contribution in [0.15, 0.2) is 35.0 Å². The molecule has 0 atom stereocenters. The molecule has 10 heteroatoms. The Hall–Kier alpha value is -4.34. The van der Waals surface area contributed by atoms with Gasteiger partial charge in [-0.3, -0.25) is 9.48 Å². The Morgan fingerprint density at radius 2 is 1.79 bits per heavy atom. The molecule has 0 aliphatic heterocycles. The molecule has 4 heterocycles. The quantitative estimate of drug-likeness (QED) is 0.238. The Kier molecular flexibility index (Phi) is 7.99. The lowest BCUT2D eigenvalue weighted by molar-refractivity contribution is 0.0958. The number of nitrogens with one attached hydrogen (secondary N) is 1. The van der Waals surface area contributed by atoms with Crippen molar-refractivity contribution in [3.05, 3.63) is 64.7 Å². The van der Waals surface area contributed by atoms with Gasteiger partial charge < -0.3 is 15.2 Å². The summed E-state index contributed by atoms with van der Waals surface area (Å²) in [5, 5.41) is 8.35. The molecular formula is C32H40N8O2. The van der Waals surface area contributed by atoms with Crippen LogP contribution in [0.1, 0.15) is 98.9 Å². The van der Waals surface area contributed by atoms with Crippen molar-refractivity contribution in [1.29, 1.82) is 0 Å². The van der Waals surface area contributed by atoms with Crippen molar-refractivity contribution in [2.24, 2.45) is 5.73 Å². The van der Waals surface area contributed by atoms with Gasteiger partial charge in [-0.15, -0.1) is 0 Å². The second-order valence-electron chi connectivity index (χ2n) is 12.3. The summed E-state index contributed by atoms with van der Waals surface area (Å²) in [7, 11) is 0. The van der Waals surface area contributed by atoms with Gasteiger partial charge in [0.1, 0.15) is 5.82 Å². The van der Waals surface area contributed by atoms with E-state index in [1.165, 1.54) is 48.8 Å². The number of aryl methyl sites for hydroxylation is 3. The number of nitrogens with zero attached hydrogens (tertiary/aromatic N) is 6. The maximum atomic E-state index is 10.6. The summed E-state index contributed by atoms with van der Waals surface area (Å²) in [4.78, 5) is 27.4. The summed E-state index contributed by atoms with van der Waals surface area (Å²) in [6.45, 7) is 14.2. The number of pyridine rings is 1. The van der Waals surface area contributed by atoms with Crippen LogP contribution in [-0.4, -0.2) is 40.8 Å². The number of aromatic amines is 1. The molecular weight excluding hydrogens is 528 g/mol. The molecule has 3 N–H and O–H groups in total. The fourth-order valence-corrected chi connectivity index (χ4v) is 5.48. The van der Waals surface area contributed by atoms with Crippen molar-refractivity contribution in [2.75, 3.05) is 0 Å². The van der Waals surface area contributed by atoms with E-state index in [-0.39, 0.29) is 11.3 Å². The van der Waals surface area contributed by atoms with Gasteiger partial charge in [0.2, 0.25) is 0 Å². The molecule has 0 fully saturated rings. The topological polar surface area (TPSA) is 141 Å². The predicted octanol–water partition coefficient (Wildman–Crippen LogP) is 6.42. The van der Waals surface area contributed by atoms with E-state index in [4.69, 9.17) is 15.8 Å². The molecule has 220 valence electrons. The van der Waals surface area contributed by atoms with Gasteiger partial charge >= 0.3 is 11.8 Å². The molecule has 5 aromatic rings. The van der Waals surface area contributed by atoms with Crippen molar-refractivity contribution in [2.45, 2.75) is 92.0 Å². The van der Waals surface area contributed by atoms with Crippen LogP contribution in [0.5, 0.6) is 0 Å². The van der Waals surface area contributed by atoms with Gasteiger partial charge in [-0.05, 0) is 76.1 Å². The van der Waals surface area contributed by atoms with Crippen molar-refractivity contribution in [3.63, 3.8) is 0 Å². The average Bonchev–Trinajstić information content (AvgIpc) is 3.62. The minimum Gasteiger partial charge on any atom is -0.361 e. The molecule has 1 aliphatic rings. The number of carbonyl (C=O) groups is 1. The number of H-pyrrole nitrogens is 1. The minimum atomic E-state index is -0.696. The molecule has 10 nitrogen and oxygen atoms in total. The van der Waals surface area contributed by atoms with Crippen LogP contribution < -0.4 is 5.73 Å². The number of carbonyl (C=O) groups excluding carboxylic acids is 1. The third kappa shape index (κ3) is 5.84. The van der Waals surface area contributed by atoms with E-state index in [0.29, 0.717) is 11.9 Å². The number of benzene rings is 1. The lowest BCUT2D eigenvalue weighted by Gasteiger charge is -2.10. The summed E-state index contributed by atoms with van der Waals surface area (Å²) in [6.07, 6.45) is 8.17. The van der Waals surface area contributed by atoms with Crippen LogP contribution in [0.2, 0.25) is 0 Å². The van der Waals surface area contributed by atoms with E-state index in [9.17, 15) is 4.79 Å². The van der Waals surface area contributed by atoms with E-state index in [0.717, 1.165) is 39.5 Å². The molecule has 6 rings (SSSR count). The Morgan fingerprint density at radius 1 is 1.05 bits per heavy atom. The molecule has 0 radical (unpaired) electrons. The first-order chi connectivity index (χ1) is 19.9. The molecule has 1 aromatic carbocycles. The van der Waals surface area contributed by atoms with Crippen LogP contribution >= 0.6 is 0 Å². The zero-order valence-electron chi connectivity index (χ0n) is 25.6. The number of aromatic nitrogens is 7. The van der Waals surface area contributed by atoms with Gasteiger partial charge in [0, 0.05) is 28.9 Å². The maximum Gasteiger partial charge on any atom is 0.315 e. The number of hydrogen-bond donors (Lipinski definition) is 2. The zero-order chi connectivity index (χ0) is 30.2. The molecule has 1 amide bonds. The van der Waals surface area contributed by atoms with E-state index >= 15 is 0 Å². The number of primary amides is 1. The van der Waals surface area contributed by atoms with Crippen molar-refractivity contribution < 1.29 is 9.32 Å². The smallest absolute Gasteiger partial charge is 0.315 e. The van der Waals surface area contributed by atoms with E-state index < -0.39 is 5.91 Å². The number of imidazole rings is 1. The first-order valence-electron chi connectivity index (χ1n) is 14.6. The van der Waals surface area contributed by atoms with Crippen molar-refractivity contribution >= 4 is 17.1 Å². The predicted molar refractivity (Wildman–Crippen MR) is 163 cm³/mol. The lowest BCUT2D eigenvalue weighted by atomic mass is 9.96. The molecule has 0 spiro atoms. The zero-order valence-corrected chi connectivity index (χ0v) is 25.6. The van der Waals surface area contributed by atoms with E-state index in [2.05, 4.69) is 81.3 Å². The normalized spacial score (nSPS) is 13.5. The molecule has 0 unspecified atom stereocenters. The Bertz CT molecular complexity index is 1740. The number of amides is 1. The second kappa shape index (κ2) is 11.5. The van der Waals surface area contributed by atoms with Gasteiger partial charge in [0.05, 0.1) is 16.8 Å². The number of hydrogen-bond acceptors (Lipinski definition) is 7. The number of nitrogens with two attached hydrogens (primary N) is 1. The maximum absolute atomic E-state index is 10.6. The second-order valence-corrected chi connectivity index (χ2v) is 12.3. The standard InChI is InChI=1S/C25H29N5.C7H11N3O2/c1-15(2)30-17(4)22(16(3)29-30)24-27-23-21(12-13-26-25(23)28-24)20-11-10-18-8-6-5-7-9-19(18)14-20;1-7(2,3)6-9-5(4(8)11)12-10-6/h10-15H,5-9H2,1-4H3,(H,26,27,28);1-3H3,(H2,8,11). The third-order valence-electron chi connectivity index (χ3n) is 7.66. The van der Waals surface area contributed by atoms with Crippen LogP contribution in [0.4, 0.5) is 0 Å². The Morgan fingerprint density at radius 3 is 2.40 bits per heavy atom. The first kappa shape index (κ1) is 29.2. The molecule has 0 saturated heterocycles. The highest BCUT2D eigenvalue weighted by molar-refractivity contribution is 5.92. The van der Waals surface area contributed by atoms with Crippen LogP contribution in [-0.2, 0) is 18.3 Å². The fraction of sp³-hybridized carbons (Fsp3) is 0.438. The molecule has 0 bridgehead atoms. The Labute approximate surface area is 246 Å². The Balaban J connectivity index is 0.000000248. The average molecular weight is 569 g/mol. The largest absolute Gasteiger partial charge is 0.361 e. The third-order valence-corrected chi connectivity index (χ3v) is 7.66. The van der Waals surface area contributed by atoms with Crippen LogP contribution in [0.3, 0.4) is 0 Å². The van der Waals surface area contributed by atoms with Crippen molar-refractivity contribution in [3.8, 4) is 22.5 Å². The molecule has 42 heavy (non-hydrogen) atoms. The SMILES string of the molecule is CC(C)(C)c1noc(C(N)=O)n1.Cc1nn(C(C)C)c(C)c1-c1nc2nccc(-c3ccc4c(c3)CCCCC4)c2[nH]1. The molecule has 1 aliphatic carbocycles. The van der Waals surface area contributed by atoms with E-state index in [1.807, 2.05) is 27.0 Å². The van der Waals surface area contributed by atoms with Gasteiger partial charge in [0.25, 0.3) is 0 Å². The van der Waals surface area contributed by atoms with Crippen LogP contribution in [0.25, 0.3) is 33.7 Å². The van der Waals surface area contributed by atoms with Gasteiger partial charge in [-0.1, -0.05) is 50.5 Å². The molecule has 0 saturated carbocycles. The highest BCUT2D eigenvalue weighted by Gasteiger charge is 2.23. The summed E-state index contributed by atoms with van der Waals surface area (Å²) in [5.74, 6) is 0.496. The fourth-order valence-electron chi connectivity index (χ4n) is 5.48. The van der Waals surface area contributed by atoms with Crippen molar-refractivity contribution in [1.82, 2.24) is 34.9 Å². The lowest BCUT2D eigenvalue weighted by Crippen LogP contribution is -2.15. The van der Waals surface area contributed by atoms with Crippen LogP contribution in [0, 0.1) is 13.8 Å². The van der Waals surface area contributed by atoms with E-state index in [1.54, 1.807) is 0 Å². The van der Waals surface area contributed by atoms with Gasteiger partial charge in [-0.2, -0.15) is 10.1 Å². The molecule has 4 aromatic heterocycles. The monoisotopic (exact) mass is 568 g/mol.